The first-order chi connectivity index (χ1) is 12.3. The topological polar surface area (TPSA) is 93.5 Å². The first-order valence-electron chi connectivity index (χ1n) is 8.25. The van der Waals surface area contributed by atoms with E-state index in [2.05, 4.69) is 10.4 Å². The van der Waals surface area contributed by atoms with Crippen molar-refractivity contribution in [3.05, 3.63) is 46.2 Å². The van der Waals surface area contributed by atoms with Gasteiger partial charge in [-0.15, -0.1) is 0 Å². The summed E-state index contributed by atoms with van der Waals surface area (Å²) in [6.07, 6.45) is 0.289. The summed E-state index contributed by atoms with van der Waals surface area (Å²) in [6, 6.07) is 7.24. The fraction of sp³-hybridized carbons (Fsp3) is 0.389. The molecule has 1 atom stereocenters. The molecule has 2 aromatic rings. The molecule has 26 heavy (non-hydrogen) atoms. The summed E-state index contributed by atoms with van der Waals surface area (Å²) >= 11 is 6.08. The fourth-order valence-corrected chi connectivity index (χ4v) is 2.69. The predicted molar refractivity (Wildman–Crippen MR) is 97.7 cm³/mol. The van der Waals surface area contributed by atoms with E-state index in [0.717, 1.165) is 11.3 Å². The molecule has 7 nitrogen and oxygen atoms in total. The Bertz CT molecular complexity index is 786. The van der Waals surface area contributed by atoms with E-state index in [1.807, 2.05) is 19.1 Å². The standard InChI is InChI=1S/C18H22ClN3O4/c1-4-26-14-7-5-12(6-8-14)9-13(18(24)25)10-20-17(23)16-15(19)11(2)22(3)21-16/h5-8,13H,4,9-10H2,1-3H3,(H,20,23)(H,24,25). The van der Waals surface area contributed by atoms with Crippen molar-refractivity contribution >= 4 is 23.5 Å². The van der Waals surface area contributed by atoms with E-state index in [0.29, 0.717) is 12.3 Å². The normalized spacial score (nSPS) is 11.8. The van der Waals surface area contributed by atoms with Crippen molar-refractivity contribution in [2.75, 3.05) is 13.2 Å². The number of ether oxygens (including phenoxy) is 1. The smallest absolute Gasteiger partial charge is 0.308 e. The molecule has 0 spiro atoms. The third-order valence-corrected chi connectivity index (χ3v) is 4.50. The van der Waals surface area contributed by atoms with Crippen molar-refractivity contribution in [3.8, 4) is 5.75 Å². The van der Waals surface area contributed by atoms with Gasteiger partial charge in [0.2, 0.25) is 0 Å². The molecular formula is C18H22ClN3O4. The number of aromatic nitrogens is 2. The molecule has 1 heterocycles. The molecule has 1 aromatic heterocycles. The van der Waals surface area contributed by atoms with Crippen molar-refractivity contribution < 1.29 is 19.4 Å². The first-order valence-corrected chi connectivity index (χ1v) is 8.63. The van der Waals surface area contributed by atoms with Gasteiger partial charge in [-0.1, -0.05) is 23.7 Å². The minimum absolute atomic E-state index is 0.0205. The molecule has 0 fully saturated rings. The number of nitrogens with one attached hydrogen (secondary N) is 1. The first kappa shape index (κ1) is 19.8. The minimum atomic E-state index is -0.984. The maximum atomic E-state index is 12.2. The van der Waals surface area contributed by atoms with Gasteiger partial charge < -0.3 is 15.2 Å². The summed E-state index contributed by atoms with van der Waals surface area (Å²) in [4.78, 5) is 23.8. The van der Waals surface area contributed by atoms with Crippen LogP contribution in [0.5, 0.6) is 5.75 Å². The van der Waals surface area contributed by atoms with Crippen LogP contribution in [0.15, 0.2) is 24.3 Å². The number of halogens is 1. The van der Waals surface area contributed by atoms with Gasteiger partial charge >= 0.3 is 5.97 Å². The number of hydrogen-bond acceptors (Lipinski definition) is 4. The average molecular weight is 380 g/mol. The quantitative estimate of drug-likeness (QED) is 0.734. The van der Waals surface area contributed by atoms with Crippen LogP contribution in [-0.4, -0.2) is 39.9 Å². The van der Waals surface area contributed by atoms with Gasteiger partial charge in [0.15, 0.2) is 5.69 Å². The number of nitrogens with zero attached hydrogens (tertiary/aromatic N) is 2. The van der Waals surface area contributed by atoms with E-state index >= 15 is 0 Å². The molecule has 0 saturated carbocycles. The zero-order valence-corrected chi connectivity index (χ0v) is 15.7. The van der Waals surface area contributed by atoms with Gasteiger partial charge in [-0.05, 0) is 38.0 Å². The van der Waals surface area contributed by atoms with Crippen LogP contribution in [-0.2, 0) is 18.3 Å². The predicted octanol–water partition coefficient (Wildman–Crippen LogP) is 2.45. The van der Waals surface area contributed by atoms with Crippen LogP contribution in [0.25, 0.3) is 0 Å². The lowest BCUT2D eigenvalue weighted by atomic mass is 9.99. The van der Waals surface area contributed by atoms with Crippen molar-refractivity contribution in [1.82, 2.24) is 15.1 Å². The van der Waals surface area contributed by atoms with E-state index < -0.39 is 17.8 Å². The SMILES string of the molecule is CCOc1ccc(CC(CNC(=O)c2nn(C)c(C)c2Cl)C(=O)O)cc1. The molecule has 2 N–H and O–H groups in total. The molecule has 140 valence electrons. The van der Waals surface area contributed by atoms with Crippen molar-refractivity contribution in [2.45, 2.75) is 20.3 Å². The highest BCUT2D eigenvalue weighted by Gasteiger charge is 2.22. The summed E-state index contributed by atoms with van der Waals surface area (Å²) in [5, 5.41) is 16.4. The van der Waals surface area contributed by atoms with Crippen molar-refractivity contribution in [1.29, 1.82) is 0 Å². The van der Waals surface area contributed by atoms with E-state index in [1.165, 1.54) is 4.68 Å². The molecule has 2 rings (SSSR count). The highest BCUT2D eigenvalue weighted by atomic mass is 35.5. The highest BCUT2D eigenvalue weighted by Crippen LogP contribution is 2.19. The molecule has 0 saturated heterocycles. The molecule has 0 aliphatic rings. The van der Waals surface area contributed by atoms with E-state index in [4.69, 9.17) is 16.3 Å². The maximum Gasteiger partial charge on any atom is 0.308 e. The van der Waals surface area contributed by atoms with Crippen LogP contribution in [0.1, 0.15) is 28.7 Å². The second-order valence-corrected chi connectivity index (χ2v) is 6.28. The summed E-state index contributed by atoms with van der Waals surface area (Å²) in [6.45, 7) is 4.19. The summed E-state index contributed by atoms with van der Waals surface area (Å²) in [7, 11) is 1.68. The van der Waals surface area contributed by atoms with Gasteiger partial charge in [-0.2, -0.15) is 5.10 Å². The number of amides is 1. The highest BCUT2D eigenvalue weighted by molar-refractivity contribution is 6.34. The molecule has 1 amide bonds. The number of benzene rings is 1. The van der Waals surface area contributed by atoms with Gasteiger partial charge in [0.25, 0.3) is 5.91 Å². The largest absolute Gasteiger partial charge is 0.494 e. The van der Waals surface area contributed by atoms with Gasteiger partial charge in [0, 0.05) is 13.6 Å². The number of aryl methyl sites for hydroxylation is 1. The zero-order valence-electron chi connectivity index (χ0n) is 15.0. The van der Waals surface area contributed by atoms with Gasteiger partial charge in [-0.3, -0.25) is 14.3 Å². The molecular weight excluding hydrogens is 358 g/mol. The van der Waals surface area contributed by atoms with Gasteiger partial charge in [0.1, 0.15) is 5.75 Å². The Morgan fingerprint density at radius 1 is 1.35 bits per heavy atom. The number of carbonyl (C=O) groups is 2. The summed E-state index contributed by atoms with van der Waals surface area (Å²) < 4.78 is 6.88. The van der Waals surface area contributed by atoms with Crippen molar-refractivity contribution in [3.63, 3.8) is 0 Å². The third-order valence-electron chi connectivity index (χ3n) is 4.05. The lowest BCUT2D eigenvalue weighted by Gasteiger charge is -2.13. The van der Waals surface area contributed by atoms with Crippen LogP contribution in [0, 0.1) is 12.8 Å². The Labute approximate surface area is 156 Å². The molecule has 0 bridgehead atoms. The molecule has 0 radical (unpaired) electrons. The summed E-state index contributed by atoms with van der Waals surface area (Å²) in [5.74, 6) is -1.50. The van der Waals surface area contributed by atoms with Crippen LogP contribution < -0.4 is 10.1 Å². The van der Waals surface area contributed by atoms with Crippen LogP contribution in [0.3, 0.4) is 0 Å². The zero-order chi connectivity index (χ0) is 19.3. The fourth-order valence-electron chi connectivity index (χ4n) is 2.45. The van der Waals surface area contributed by atoms with Crippen LogP contribution in [0.2, 0.25) is 5.02 Å². The minimum Gasteiger partial charge on any atom is -0.494 e. The third kappa shape index (κ3) is 4.76. The maximum absolute atomic E-state index is 12.2. The number of carbonyl (C=O) groups excluding carboxylic acids is 1. The number of carboxylic acid groups (broad SMARTS) is 1. The lowest BCUT2D eigenvalue weighted by molar-refractivity contribution is -0.141. The molecule has 1 unspecified atom stereocenters. The van der Waals surface area contributed by atoms with Crippen LogP contribution in [0.4, 0.5) is 0 Å². The molecule has 8 heteroatoms. The second-order valence-electron chi connectivity index (χ2n) is 5.90. The Balaban J connectivity index is 2.00. The summed E-state index contributed by atoms with van der Waals surface area (Å²) in [5.41, 5.74) is 1.61. The van der Waals surface area contributed by atoms with E-state index in [9.17, 15) is 14.7 Å². The number of rotatable bonds is 8. The Morgan fingerprint density at radius 3 is 2.50 bits per heavy atom. The monoisotopic (exact) mass is 379 g/mol. The van der Waals surface area contributed by atoms with Crippen molar-refractivity contribution in [2.24, 2.45) is 13.0 Å². The Hall–Kier alpha value is -2.54. The number of aliphatic carboxylic acids is 1. The number of hydrogen-bond donors (Lipinski definition) is 2. The second kappa shape index (κ2) is 8.71. The van der Waals surface area contributed by atoms with Crippen LogP contribution >= 0.6 is 11.6 Å². The van der Waals surface area contributed by atoms with E-state index in [-0.39, 0.29) is 23.7 Å². The Kier molecular flexibility index (Phi) is 6.63. The average Bonchev–Trinajstić information content (AvgIpc) is 2.87. The van der Waals surface area contributed by atoms with Gasteiger partial charge in [0.05, 0.1) is 23.2 Å². The molecule has 1 aromatic carbocycles. The number of carboxylic acids is 1. The lowest BCUT2D eigenvalue weighted by Crippen LogP contribution is -2.34. The van der Waals surface area contributed by atoms with E-state index in [1.54, 1.807) is 26.1 Å². The van der Waals surface area contributed by atoms with Gasteiger partial charge in [-0.25, -0.2) is 0 Å². The molecule has 0 aliphatic heterocycles. The Morgan fingerprint density at radius 2 is 2.00 bits per heavy atom. The molecule has 0 aliphatic carbocycles.